The van der Waals surface area contributed by atoms with Gasteiger partial charge in [-0.1, -0.05) is 12.1 Å². The normalized spacial score (nSPS) is 10.1. The molecule has 0 aromatic heterocycles. The third kappa shape index (κ3) is 3.26. The van der Waals surface area contributed by atoms with Crippen molar-refractivity contribution in [3.63, 3.8) is 0 Å². The number of rotatable bonds is 4. The van der Waals surface area contributed by atoms with E-state index in [1.807, 2.05) is 39.2 Å². The smallest absolute Gasteiger partial charge is 0.102 e. The number of aryl methyl sites for hydroxylation is 1. The second kappa shape index (κ2) is 5.38. The molecular formula is C12H17N3. The van der Waals surface area contributed by atoms with Crippen molar-refractivity contribution in [2.24, 2.45) is 0 Å². The summed E-state index contributed by atoms with van der Waals surface area (Å²) in [5.74, 6) is 0. The van der Waals surface area contributed by atoms with Gasteiger partial charge in [0, 0.05) is 13.1 Å². The number of nitrogens with one attached hydrogen (secondary N) is 1. The van der Waals surface area contributed by atoms with Crippen LogP contribution in [-0.4, -0.2) is 32.1 Å². The zero-order valence-electron chi connectivity index (χ0n) is 9.54. The highest BCUT2D eigenvalue weighted by molar-refractivity contribution is 5.60. The standard InChI is InChI=1S/C12H17N3/c1-10-5-4-6-12(11(10)9-13)14-7-8-15(2)3/h4-6,14H,7-8H2,1-3H3. The molecule has 0 saturated carbocycles. The van der Waals surface area contributed by atoms with E-state index in [0.29, 0.717) is 0 Å². The fourth-order valence-electron chi connectivity index (χ4n) is 1.38. The van der Waals surface area contributed by atoms with Gasteiger partial charge in [0.15, 0.2) is 0 Å². The van der Waals surface area contributed by atoms with E-state index in [2.05, 4.69) is 16.3 Å². The van der Waals surface area contributed by atoms with Crippen LogP contribution in [0.1, 0.15) is 11.1 Å². The van der Waals surface area contributed by atoms with E-state index in [-0.39, 0.29) is 0 Å². The molecule has 3 heteroatoms. The molecule has 0 radical (unpaired) electrons. The minimum Gasteiger partial charge on any atom is -0.383 e. The Morgan fingerprint density at radius 1 is 1.40 bits per heavy atom. The van der Waals surface area contributed by atoms with Crippen LogP contribution in [0, 0.1) is 18.3 Å². The first-order chi connectivity index (χ1) is 7.15. The first kappa shape index (κ1) is 11.5. The average molecular weight is 203 g/mol. The lowest BCUT2D eigenvalue weighted by Gasteiger charge is -2.13. The van der Waals surface area contributed by atoms with E-state index >= 15 is 0 Å². The SMILES string of the molecule is Cc1cccc(NCCN(C)C)c1C#N. The zero-order chi connectivity index (χ0) is 11.3. The van der Waals surface area contributed by atoms with Crippen molar-refractivity contribution in [3.8, 4) is 6.07 Å². The summed E-state index contributed by atoms with van der Waals surface area (Å²) in [5.41, 5.74) is 2.70. The van der Waals surface area contributed by atoms with Crippen molar-refractivity contribution in [1.82, 2.24) is 4.90 Å². The number of anilines is 1. The predicted octanol–water partition coefficient (Wildman–Crippen LogP) is 1.84. The first-order valence-electron chi connectivity index (χ1n) is 5.03. The third-order valence-corrected chi connectivity index (χ3v) is 2.26. The largest absolute Gasteiger partial charge is 0.383 e. The summed E-state index contributed by atoms with van der Waals surface area (Å²) in [6, 6.07) is 8.09. The van der Waals surface area contributed by atoms with Crippen LogP contribution in [0.25, 0.3) is 0 Å². The summed E-state index contributed by atoms with van der Waals surface area (Å²) in [7, 11) is 4.06. The lowest BCUT2D eigenvalue weighted by Crippen LogP contribution is -2.21. The Morgan fingerprint density at radius 2 is 2.13 bits per heavy atom. The van der Waals surface area contributed by atoms with Crippen molar-refractivity contribution in [2.75, 3.05) is 32.5 Å². The minimum atomic E-state index is 0.747. The van der Waals surface area contributed by atoms with Gasteiger partial charge in [-0.25, -0.2) is 0 Å². The molecule has 1 aromatic rings. The summed E-state index contributed by atoms with van der Waals surface area (Å²) >= 11 is 0. The summed E-state index contributed by atoms with van der Waals surface area (Å²) in [6.45, 7) is 3.76. The van der Waals surface area contributed by atoms with Crippen LogP contribution in [0.4, 0.5) is 5.69 Å². The van der Waals surface area contributed by atoms with Gasteiger partial charge in [-0.05, 0) is 32.6 Å². The Labute approximate surface area is 91.3 Å². The molecule has 0 atom stereocenters. The second-order valence-electron chi connectivity index (χ2n) is 3.84. The number of nitrogens with zero attached hydrogens (tertiary/aromatic N) is 2. The fourth-order valence-corrected chi connectivity index (χ4v) is 1.38. The summed E-state index contributed by atoms with van der Waals surface area (Å²) in [4.78, 5) is 2.11. The van der Waals surface area contributed by atoms with Crippen LogP contribution >= 0.6 is 0 Å². The maximum atomic E-state index is 9.01. The van der Waals surface area contributed by atoms with Gasteiger partial charge < -0.3 is 10.2 Å². The van der Waals surface area contributed by atoms with Crippen LogP contribution in [-0.2, 0) is 0 Å². The van der Waals surface area contributed by atoms with E-state index < -0.39 is 0 Å². The summed E-state index contributed by atoms with van der Waals surface area (Å²) in [6.07, 6.45) is 0. The van der Waals surface area contributed by atoms with Gasteiger partial charge in [-0.2, -0.15) is 5.26 Å². The van der Waals surface area contributed by atoms with E-state index in [9.17, 15) is 0 Å². The molecule has 0 heterocycles. The highest BCUT2D eigenvalue weighted by Gasteiger charge is 2.03. The fraction of sp³-hybridized carbons (Fsp3) is 0.417. The van der Waals surface area contributed by atoms with Gasteiger partial charge in [0.05, 0.1) is 11.3 Å². The topological polar surface area (TPSA) is 39.1 Å². The molecule has 0 saturated heterocycles. The van der Waals surface area contributed by atoms with Crippen LogP contribution in [0.5, 0.6) is 0 Å². The number of likely N-dealkylation sites (N-methyl/N-ethyl adjacent to an activating group) is 1. The maximum absolute atomic E-state index is 9.01. The van der Waals surface area contributed by atoms with Gasteiger partial charge in [0.2, 0.25) is 0 Å². The minimum absolute atomic E-state index is 0.747. The molecule has 0 aliphatic carbocycles. The summed E-state index contributed by atoms with van der Waals surface area (Å²) < 4.78 is 0. The van der Waals surface area contributed by atoms with E-state index in [0.717, 1.165) is 29.9 Å². The van der Waals surface area contributed by atoms with E-state index in [4.69, 9.17) is 5.26 Å². The molecule has 1 aromatic carbocycles. The Morgan fingerprint density at radius 3 is 2.73 bits per heavy atom. The Balaban J connectivity index is 2.69. The summed E-state index contributed by atoms with van der Waals surface area (Å²) in [5, 5.41) is 12.3. The number of benzene rings is 1. The van der Waals surface area contributed by atoms with Gasteiger partial charge in [-0.3, -0.25) is 0 Å². The van der Waals surface area contributed by atoms with Crippen molar-refractivity contribution in [1.29, 1.82) is 5.26 Å². The van der Waals surface area contributed by atoms with E-state index in [1.165, 1.54) is 0 Å². The molecule has 0 bridgehead atoms. The molecule has 1 rings (SSSR count). The number of hydrogen-bond acceptors (Lipinski definition) is 3. The highest BCUT2D eigenvalue weighted by atomic mass is 15.1. The molecule has 0 aliphatic heterocycles. The van der Waals surface area contributed by atoms with Crippen molar-refractivity contribution < 1.29 is 0 Å². The lowest BCUT2D eigenvalue weighted by molar-refractivity contribution is 0.425. The van der Waals surface area contributed by atoms with Crippen molar-refractivity contribution in [3.05, 3.63) is 29.3 Å². The number of nitriles is 1. The molecule has 0 unspecified atom stereocenters. The van der Waals surface area contributed by atoms with Crippen LogP contribution in [0.3, 0.4) is 0 Å². The quantitative estimate of drug-likeness (QED) is 0.811. The van der Waals surface area contributed by atoms with Crippen LogP contribution < -0.4 is 5.32 Å². The molecule has 0 amide bonds. The van der Waals surface area contributed by atoms with Crippen LogP contribution in [0.15, 0.2) is 18.2 Å². The molecule has 0 aliphatic rings. The monoisotopic (exact) mass is 203 g/mol. The lowest BCUT2D eigenvalue weighted by atomic mass is 10.1. The molecule has 0 fully saturated rings. The highest BCUT2D eigenvalue weighted by Crippen LogP contribution is 2.17. The Hall–Kier alpha value is -1.53. The molecule has 1 N–H and O–H groups in total. The van der Waals surface area contributed by atoms with Gasteiger partial charge in [0.1, 0.15) is 6.07 Å². The van der Waals surface area contributed by atoms with Crippen molar-refractivity contribution in [2.45, 2.75) is 6.92 Å². The molecule has 3 nitrogen and oxygen atoms in total. The molecular weight excluding hydrogens is 186 g/mol. The third-order valence-electron chi connectivity index (χ3n) is 2.26. The zero-order valence-corrected chi connectivity index (χ0v) is 9.54. The molecule has 0 spiro atoms. The van der Waals surface area contributed by atoms with E-state index in [1.54, 1.807) is 0 Å². The number of hydrogen-bond donors (Lipinski definition) is 1. The maximum Gasteiger partial charge on any atom is 0.102 e. The predicted molar refractivity (Wildman–Crippen MR) is 62.9 cm³/mol. The first-order valence-corrected chi connectivity index (χ1v) is 5.03. The van der Waals surface area contributed by atoms with Gasteiger partial charge >= 0.3 is 0 Å². The molecule has 80 valence electrons. The van der Waals surface area contributed by atoms with Gasteiger partial charge in [0.25, 0.3) is 0 Å². The molecule has 15 heavy (non-hydrogen) atoms. The Bertz CT molecular complexity index is 364. The van der Waals surface area contributed by atoms with Crippen molar-refractivity contribution >= 4 is 5.69 Å². The average Bonchev–Trinajstić information content (AvgIpc) is 2.17. The Kier molecular flexibility index (Phi) is 4.14. The second-order valence-corrected chi connectivity index (χ2v) is 3.84. The van der Waals surface area contributed by atoms with Gasteiger partial charge in [-0.15, -0.1) is 0 Å². The van der Waals surface area contributed by atoms with Crippen LogP contribution in [0.2, 0.25) is 0 Å².